The molecule has 0 heterocycles. The van der Waals surface area contributed by atoms with E-state index in [1.54, 1.807) is 19.1 Å². The molecule has 1 rings (SSSR count). The third-order valence-electron chi connectivity index (χ3n) is 3.57. The molecule has 0 saturated heterocycles. The number of ether oxygens (including phenoxy) is 2. The molecule has 0 bridgehead atoms. The van der Waals surface area contributed by atoms with E-state index < -0.39 is 17.8 Å². The number of hydrogen-bond donors (Lipinski definition) is 4. The first-order valence-corrected chi connectivity index (χ1v) is 11.6. The predicted molar refractivity (Wildman–Crippen MR) is 117 cm³/mol. The number of esters is 1. The minimum Gasteiger partial charge on any atom is -0.515 e. The van der Waals surface area contributed by atoms with Crippen molar-refractivity contribution < 1.29 is 34.1 Å². The molecule has 0 aliphatic rings. The summed E-state index contributed by atoms with van der Waals surface area (Å²) in [5.74, 6) is -0.549. The number of methoxy groups -OCH3 is 1. The SMILES string of the molecule is CCOC(=O)C(=O)NCCSSCCNC(=O)/C(=C/O)Cc1ccc(O)c(OC)c1. The van der Waals surface area contributed by atoms with Gasteiger partial charge in [0.2, 0.25) is 0 Å². The topological polar surface area (TPSA) is 134 Å². The number of carbonyl (C=O) groups excluding carboxylic acids is 3. The van der Waals surface area contributed by atoms with Crippen LogP contribution in [0.2, 0.25) is 0 Å². The third kappa shape index (κ3) is 9.31. The maximum absolute atomic E-state index is 12.2. The first-order valence-electron chi connectivity index (χ1n) is 9.09. The van der Waals surface area contributed by atoms with Crippen molar-refractivity contribution in [3.8, 4) is 11.5 Å². The zero-order chi connectivity index (χ0) is 22.4. The molecule has 11 heteroatoms. The molecule has 0 aromatic heterocycles. The first-order chi connectivity index (χ1) is 14.4. The van der Waals surface area contributed by atoms with Crippen LogP contribution in [-0.4, -0.2) is 66.3 Å². The smallest absolute Gasteiger partial charge is 0.396 e. The first kappa shape index (κ1) is 25.5. The maximum atomic E-state index is 12.2. The summed E-state index contributed by atoms with van der Waals surface area (Å²) in [6.07, 6.45) is 0.948. The summed E-state index contributed by atoms with van der Waals surface area (Å²) < 4.78 is 9.61. The van der Waals surface area contributed by atoms with Crippen LogP contribution in [0.4, 0.5) is 0 Å². The lowest BCUT2D eigenvalue weighted by Crippen LogP contribution is -2.33. The molecule has 30 heavy (non-hydrogen) atoms. The van der Waals surface area contributed by atoms with E-state index in [0.29, 0.717) is 30.2 Å². The molecular formula is C19H26N2O7S2. The Bertz CT molecular complexity index is 756. The summed E-state index contributed by atoms with van der Waals surface area (Å²) >= 11 is 0. The molecular weight excluding hydrogens is 432 g/mol. The zero-order valence-electron chi connectivity index (χ0n) is 16.8. The van der Waals surface area contributed by atoms with E-state index in [0.717, 1.165) is 6.26 Å². The van der Waals surface area contributed by atoms with Gasteiger partial charge in [0.25, 0.3) is 5.91 Å². The number of aromatic hydroxyl groups is 1. The molecule has 0 spiro atoms. The van der Waals surface area contributed by atoms with Gasteiger partial charge in [-0.3, -0.25) is 9.59 Å². The van der Waals surface area contributed by atoms with Crippen molar-refractivity contribution in [2.24, 2.45) is 0 Å². The number of nitrogens with one attached hydrogen (secondary N) is 2. The molecule has 0 aliphatic carbocycles. The van der Waals surface area contributed by atoms with Crippen molar-refractivity contribution in [2.45, 2.75) is 13.3 Å². The number of phenolic OH excluding ortho intramolecular Hbond substituents is 1. The van der Waals surface area contributed by atoms with E-state index in [2.05, 4.69) is 15.4 Å². The predicted octanol–water partition coefficient (Wildman–Crippen LogP) is 1.56. The number of phenols is 1. The fraction of sp³-hybridized carbons (Fsp3) is 0.421. The summed E-state index contributed by atoms with van der Waals surface area (Å²) in [4.78, 5) is 34.7. The van der Waals surface area contributed by atoms with Crippen molar-refractivity contribution in [3.63, 3.8) is 0 Å². The number of aliphatic hydroxyl groups is 1. The van der Waals surface area contributed by atoms with E-state index in [1.807, 2.05) is 0 Å². The van der Waals surface area contributed by atoms with Crippen molar-refractivity contribution in [2.75, 3.05) is 38.3 Å². The lowest BCUT2D eigenvalue weighted by Gasteiger charge is -2.10. The van der Waals surface area contributed by atoms with E-state index in [9.17, 15) is 24.6 Å². The second kappa shape index (κ2) is 14.5. The highest BCUT2D eigenvalue weighted by Gasteiger charge is 2.14. The largest absolute Gasteiger partial charge is 0.515 e. The Labute approximate surface area is 183 Å². The molecule has 0 radical (unpaired) electrons. The number of carbonyl (C=O) groups is 3. The van der Waals surface area contributed by atoms with Crippen LogP contribution >= 0.6 is 21.6 Å². The summed E-state index contributed by atoms with van der Waals surface area (Å²) in [5, 5.41) is 24.2. The Kier molecular flexibility index (Phi) is 12.3. The molecule has 0 aliphatic heterocycles. The van der Waals surface area contributed by atoms with Gasteiger partial charge in [0.15, 0.2) is 11.5 Å². The molecule has 1 aromatic rings. The van der Waals surface area contributed by atoms with E-state index in [1.165, 1.54) is 34.8 Å². The van der Waals surface area contributed by atoms with Crippen LogP contribution in [0.1, 0.15) is 12.5 Å². The Morgan fingerprint density at radius 1 is 1.10 bits per heavy atom. The van der Waals surface area contributed by atoms with Gasteiger partial charge in [0.1, 0.15) is 0 Å². The third-order valence-corrected chi connectivity index (χ3v) is 5.98. The lowest BCUT2D eigenvalue weighted by molar-refractivity contribution is -0.154. The fourth-order valence-electron chi connectivity index (χ4n) is 2.15. The summed E-state index contributed by atoms with van der Waals surface area (Å²) in [5.41, 5.74) is 0.886. The van der Waals surface area contributed by atoms with Crippen LogP contribution in [0.25, 0.3) is 0 Å². The molecule has 166 valence electrons. The summed E-state index contributed by atoms with van der Waals surface area (Å²) in [7, 11) is 4.42. The standard InChI is InChI=1S/C19H26N2O7S2/c1-3-28-19(26)18(25)21-7-9-30-29-8-6-20-17(24)14(12-22)10-13-4-5-15(23)16(11-13)27-2/h4-5,11-12,22-23H,3,6-10H2,1-2H3,(H,20,24)(H,21,25)/b14-12+. The van der Waals surface area contributed by atoms with Crippen molar-refractivity contribution >= 4 is 39.4 Å². The van der Waals surface area contributed by atoms with Crippen LogP contribution in [0.5, 0.6) is 11.5 Å². The monoisotopic (exact) mass is 458 g/mol. The van der Waals surface area contributed by atoms with Crippen molar-refractivity contribution in [1.82, 2.24) is 10.6 Å². The average molecular weight is 459 g/mol. The molecule has 0 saturated carbocycles. The van der Waals surface area contributed by atoms with Gasteiger partial charge >= 0.3 is 11.9 Å². The summed E-state index contributed by atoms with van der Waals surface area (Å²) in [6, 6.07) is 4.70. The molecule has 0 atom stereocenters. The summed E-state index contributed by atoms with van der Waals surface area (Å²) in [6.45, 7) is 2.50. The number of benzene rings is 1. The number of amides is 2. The normalized spacial score (nSPS) is 10.9. The van der Waals surface area contributed by atoms with Gasteiger partial charge in [-0.05, 0) is 24.6 Å². The van der Waals surface area contributed by atoms with Crippen LogP contribution < -0.4 is 15.4 Å². The Morgan fingerprint density at radius 2 is 1.73 bits per heavy atom. The van der Waals surface area contributed by atoms with Crippen LogP contribution in [-0.2, 0) is 25.5 Å². The molecule has 9 nitrogen and oxygen atoms in total. The molecule has 0 fully saturated rings. The fourth-order valence-corrected chi connectivity index (χ4v) is 3.96. The highest BCUT2D eigenvalue weighted by Crippen LogP contribution is 2.27. The number of rotatable bonds is 12. The molecule has 1 aromatic carbocycles. The van der Waals surface area contributed by atoms with E-state index in [-0.39, 0.29) is 30.1 Å². The highest BCUT2D eigenvalue weighted by atomic mass is 33.1. The molecule has 0 unspecified atom stereocenters. The zero-order valence-corrected chi connectivity index (χ0v) is 18.4. The Hall–Kier alpha value is -2.53. The van der Waals surface area contributed by atoms with Gasteiger partial charge in [-0.1, -0.05) is 27.7 Å². The van der Waals surface area contributed by atoms with Crippen LogP contribution in [0.15, 0.2) is 30.0 Å². The van der Waals surface area contributed by atoms with Gasteiger partial charge in [-0.25, -0.2) is 4.79 Å². The lowest BCUT2D eigenvalue weighted by atomic mass is 10.0. The number of aliphatic hydroxyl groups excluding tert-OH is 1. The minimum absolute atomic E-state index is 0.00443. The van der Waals surface area contributed by atoms with Crippen molar-refractivity contribution in [1.29, 1.82) is 0 Å². The Balaban J connectivity index is 2.24. The van der Waals surface area contributed by atoms with Gasteiger partial charge in [-0.2, -0.15) is 0 Å². The van der Waals surface area contributed by atoms with Gasteiger partial charge in [-0.15, -0.1) is 0 Å². The Morgan fingerprint density at radius 3 is 2.30 bits per heavy atom. The van der Waals surface area contributed by atoms with Crippen LogP contribution in [0, 0.1) is 0 Å². The molecule has 4 N–H and O–H groups in total. The van der Waals surface area contributed by atoms with E-state index >= 15 is 0 Å². The second-order valence-electron chi connectivity index (χ2n) is 5.71. The van der Waals surface area contributed by atoms with Crippen LogP contribution in [0.3, 0.4) is 0 Å². The quantitative estimate of drug-likeness (QED) is 0.0919. The van der Waals surface area contributed by atoms with Gasteiger partial charge in [0.05, 0.1) is 25.6 Å². The minimum atomic E-state index is -0.892. The highest BCUT2D eigenvalue weighted by molar-refractivity contribution is 8.76. The van der Waals surface area contributed by atoms with Gasteiger partial charge in [0, 0.05) is 31.0 Å². The molecule has 2 amide bonds. The maximum Gasteiger partial charge on any atom is 0.396 e. The van der Waals surface area contributed by atoms with Gasteiger partial charge < -0.3 is 30.3 Å². The second-order valence-corrected chi connectivity index (χ2v) is 8.42. The average Bonchev–Trinajstić information content (AvgIpc) is 2.74. The number of hydrogen-bond acceptors (Lipinski definition) is 9. The van der Waals surface area contributed by atoms with E-state index in [4.69, 9.17) is 4.74 Å². The van der Waals surface area contributed by atoms with Crippen molar-refractivity contribution in [3.05, 3.63) is 35.6 Å².